The summed E-state index contributed by atoms with van der Waals surface area (Å²) in [5.41, 5.74) is 1.67. The molecule has 3 nitrogen and oxygen atoms in total. The summed E-state index contributed by atoms with van der Waals surface area (Å²) in [5.74, 6) is 0. The highest BCUT2D eigenvalue weighted by molar-refractivity contribution is 6.33. The van der Waals surface area contributed by atoms with Crippen LogP contribution in [0, 0.1) is 0 Å². The Hall–Kier alpha value is -1.06. The van der Waals surface area contributed by atoms with Gasteiger partial charge in [0.25, 0.3) is 0 Å². The van der Waals surface area contributed by atoms with Crippen LogP contribution in [0.4, 0.5) is 5.69 Å². The summed E-state index contributed by atoms with van der Waals surface area (Å²) in [7, 11) is 4.23. The number of likely N-dealkylation sites (N-methyl/N-ethyl adjacent to an activating group) is 1. The summed E-state index contributed by atoms with van der Waals surface area (Å²) in [6.07, 6.45) is 3.23. The van der Waals surface area contributed by atoms with Crippen molar-refractivity contribution in [3.05, 3.63) is 28.8 Å². The van der Waals surface area contributed by atoms with Crippen molar-refractivity contribution in [2.24, 2.45) is 0 Å². The molecule has 1 aromatic carbocycles. The van der Waals surface area contributed by atoms with E-state index < -0.39 is 0 Å². The maximum absolute atomic E-state index is 10.7. The molecule has 2 rings (SSSR count). The third-order valence-electron chi connectivity index (χ3n) is 3.58. The highest BCUT2D eigenvalue weighted by Gasteiger charge is 2.22. The molecule has 0 radical (unpaired) electrons. The van der Waals surface area contributed by atoms with Crippen molar-refractivity contribution < 1.29 is 4.79 Å². The minimum absolute atomic E-state index is 0.570. The third kappa shape index (κ3) is 2.85. The van der Waals surface area contributed by atoms with Gasteiger partial charge < -0.3 is 9.80 Å². The summed E-state index contributed by atoms with van der Waals surface area (Å²) >= 11 is 6.25. The van der Waals surface area contributed by atoms with E-state index in [0.29, 0.717) is 16.6 Å². The van der Waals surface area contributed by atoms with Crippen molar-refractivity contribution >= 4 is 23.6 Å². The first-order chi connectivity index (χ1) is 8.61. The Labute approximate surface area is 113 Å². The van der Waals surface area contributed by atoms with Gasteiger partial charge in [0.2, 0.25) is 0 Å². The number of carbonyl (C=O) groups is 1. The number of anilines is 1. The lowest BCUT2D eigenvalue weighted by atomic mass is 10.0. The van der Waals surface area contributed by atoms with E-state index in [4.69, 9.17) is 11.6 Å². The van der Waals surface area contributed by atoms with E-state index in [-0.39, 0.29) is 0 Å². The quantitative estimate of drug-likeness (QED) is 0.786. The van der Waals surface area contributed by atoms with E-state index in [1.54, 1.807) is 6.07 Å². The topological polar surface area (TPSA) is 23.6 Å². The van der Waals surface area contributed by atoms with Crippen molar-refractivity contribution in [2.75, 3.05) is 32.1 Å². The highest BCUT2D eigenvalue weighted by atomic mass is 35.5. The van der Waals surface area contributed by atoms with Gasteiger partial charge in [-0.1, -0.05) is 11.6 Å². The standard InChI is InChI=1S/C14H19ClN2O/c1-16(2)12-4-3-7-17(9-12)14-6-5-11(10-18)8-13(14)15/h5-6,8,10,12H,3-4,7,9H2,1-2H3. The largest absolute Gasteiger partial charge is 0.369 e. The van der Waals surface area contributed by atoms with Crippen LogP contribution in [-0.2, 0) is 0 Å². The van der Waals surface area contributed by atoms with Crippen LogP contribution in [0.15, 0.2) is 18.2 Å². The van der Waals surface area contributed by atoms with E-state index in [0.717, 1.165) is 25.1 Å². The molecule has 0 saturated carbocycles. The van der Waals surface area contributed by atoms with E-state index in [9.17, 15) is 4.79 Å². The van der Waals surface area contributed by atoms with Crippen LogP contribution in [0.1, 0.15) is 23.2 Å². The van der Waals surface area contributed by atoms with Crippen LogP contribution in [0.3, 0.4) is 0 Å². The van der Waals surface area contributed by atoms with Gasteiger partial charge in [0.1, 0.15) is 6.29 Å². The molecule has 0 aliphatic carbocycles. The molecular formula is C14H19ClN2O. The molecule has 0 spiro atoms. The molecule has 1 unspecified atom stereocenters. The van der Waals surface area contributed by atoms with Gasteiger partial charge in [-0.25, -0.2) is 0 Å². The Bertz CT molecular complexity index is 434. The van der Waals surface area contributed by atoms with Gasteiger partial charge in [-0.3, -0.25) is 4.79 Å². The first-order valence-electron chi connectivity index (χ1n) is 6.28. The fourth-order valence-electron chi connectivity index (χ4n) is 2.45. The predicted molar refractivity (Wildman–Crippen MR) is 75.8 cm³/mol. The molecule has 0 N–H and O–H groups in total. The number of halogens is 1. The van der Waals surface area contributed by atoms with Gasteiger partial charge in [0.05, 0.1) is 10.7 Å². The number of benzene rings is 1. The lowest BCUT2D eigenvalue weighted by Crippen LogP contribution is -2.45. The minimum Gasteiger partial charge on any atom is -0.369 e. The van der Waals surface area contributed by atoms with Crippen LogP contribution in [0.25, 0.3) is 0 Å². The Morgan fingerprint density at radius 2 is 2.22 bits per heavy atom. The number of hydrogen-bond donors (Lipinski definition) is 0. The maximum atomic E-state index is 10.7. The number of nitrogens with zero attached hydrogens (tertiary/aromatic N) is 2. The van der Waals surface area contributed by atoms with Gasteiger partial charge in [-0.2, -0.15) is 0 Å². The summed E-state index contributed by atoms with van der Waals surface area (Å²) in [4.78, 5) is 15.3. The number of piperidine rings is 1. The molecule has 1 aromatic rings. The maximum Gasteiger partial charge on any atom is 0.150 e. The second-order valence-electron chi connectivity index (χ2n) is 5.03. The smallest absolute Gasteiger partial charge is 0.150 e. The van der Waals surface area contributed by atoms with Crippen LogP contribution in [0.5, 0.6) is 0 Å². The number of rotatable bonds is 3. The van der Waals surface area contributed by atoms with Crippen LogP contribution in [-0.4, -0.2) is 44.4 Å². The first kappa shape index (κ1) is 13.4. The molecule has 1 aliphatic heterocycles. The van der Waals surface area contributed by atoms with Crippen LogP contribution in [0.2, 0.25) is 5.02 Å². The minimum atomic E-state index is 0.570. The van der Waals surface area contributed by atoms with E-state index >= 15 is 0 Å². The fourth-order valence-corrected chi connectivity index (χ4v) is 2.76. The highest BCUT2D eigenvalue weighted by Crippen LogP contribution is 2.29. The second kappa shape index (κ2) is 5.72. The lowest BCUT2D eigenvalue weighted by Gasteiger charge is -2.37. The van der Waals surface area contributed by atoms with E-state index in [1.807, 2.05) is 12.1 Å². The zero-order valence-corrected chi connectivity index (χ0v) is 11.7. The molecule has 0 bridgehead atoms. The average Bonchev–Trinajstić information content (AvgIpc) is 2.38. The van der Waals surface area contributed by atoms with Gasteiger partial charge >= 0.3 is 0 Å². The van der Waals surface area contributed by atoms with Crippen molar-refractivity contribution in [2.45, 2.75) is 18.9 Å². The third-order valence-corrected chi connectivity index (χ3v) is 3.88. The molecule has 4 heteroatoms. The van der Waals surface area contributed by atoms with Gasteiger partial charge in [0, 0.05) is 24.7 Å². The van der Waals surface area contributed by atoms with Crippen molar-refractivity contribution in [1.29, 1.82) is 0 Å². The Balaban J connectivity index is 2.18. The second-order valence-corrected chi connectivity index (χ2v) is 5.44. The zero-order valence-electron chi connectivity index (χ0n) is 10.9. The molecule has 1 fully saturated rings. The fraction of sp³-hybridized carbons (Fsp3) is 0.500. The Morgan fingerprint density at radius 1 is 1.44 bits per heavy atom. The summed E-state index contributed by atoms with van der Waals surface area (Å²) in [5, 5.41) is 0.666. The van der Waals surface area contributed by atoms with Crippen LogP contribution < -0.4 is 4.90 Å². The summed E-state index contributed by atoms with van der Waals surface area (Å²) in [6, 6.07) is 6.08. The number of carbonyl (C=O) groups excluding carboxylic acids is 1. The van der Waals surface area contributed by atoms with E-state index in [1.165, 1.54) is 12.8 Å². The Kier molecular flexibility index (Phi) is 4.25. The molecular weight excluding hydrogens is 248 g/mol. The van der Waals surface area contributed by atoms with Crippen molar-refractivity contribution in [3.8, 4) is 0 Å². The molecule has 0 aromatic heterocycles. The van der Waals surface area contributed by atoms with Gasteiger partial charge in [-0.15, -0.1) is 0 Å². The van der Waals surface area contributed by atoms with E-state index in [2.05, 4.69) is 23.9 Å². The average molecular weight is 267 g/mol. The SMILES string of the molecule is CN(C)C1CCCN(c2ccc(C=O)cc2Cl)C1. The van der Waals surface area contributed by atoms with Crippen LogP contribution >= 0.6 is 11.6 Å². The Morgan fingerprint density at radius 3 is 2.83 bits per heavy atom. The molecule has 1 aliphatic rings. The first-order valence-corrected chi connectivity index (χ1v) is 6.65. The summed E-state index contributed by atoms with van der Waals surface area (Å²) in [6.45, 7) is 2.03. The zero-order chi connectivity index (χ0) is 13.1. The molecule has 1 saturated heterocycles. The molecule has 18 heavy (non-hydrogen) atoms. The van der Waals surface area contributed by atoms with Crippen molar-refractivity contribution in [1.82, 2.24) is 4.90 Å². The summed E-state index contributed by atoms with van der Waals surface area (Å²) < 4.78 is 0. The molecule has 1 atom stereocenters. The molecule has 1 heterocycles. The van der Waals surface area contributed by atoms with Gasteiger partial charge in [0.15, 0.2) is 0 Å². The van der Waals surface area contributed by atoms with Crippen molar-refractivity contribution in [3.63, 3.8) is 0 Å². The lowest BCUT2D eigenvalue weighted by molar-refractivity contribution is 0.112. The predicted octanol–water partition coefficient (Wildman–Crippen LogP) is 2.68. The van der Waals surface area contributed by atoms with Gasteiger partial charge in [-0.05, 0) is 45.1 Å². The monoisotopic (exact) mass is 266 g/mol. The molecule has 0 amide bonds. The normalized spacial score (nSPS) is 20.2. The number of aldehydes is 1. The molecule has 98 valence electrons. The number of hydrogen-bond acceptors (Lipinski definition) is 3.